The highest BCUT2D eigenvalue weighted by Gasteiger charge is 2.07. The number of nitriles is 2. The molecule has 0 fully saturated rings. The molecule has 5 nitrogen and oxygen atoms in total. The van der Waals surface area contributed by atoms with Gasteiger partial charge in [-0.05, 0) is 18.6 Å². The highest BCUT2D eigenvalue weighted by atomic mass is 15.2. The van der Waals surface area contributed by atoms with Gasteiger partial charge in [-0.3, -0.25) is 0 Å². The van der Waals surface area contributed by atoms with Crippen molar-refractivity contribution in [3.05, 3.63) is 23.9 Å². The van der Waals surface area contributed by atoms with E-state index in [0.717, 1.165) is 5.56 Å². The fourth-order valence-corrected chi connectivity index (χ4v) is 1.24. The molecule has 0 aliphatic rings. The molecule has 1 rings (SSSR count). The van der Waals surface area contributed by atoms with Gasteiger partial charge >= 0.3 is 0 Å². The summed E-state index contributed by atoms with van der Waals surface area (Å²) in [5.41, 5.74) is 6.63. The van der Waals surface area contributed by atoms with Crippen LogP contribution in [0.3, 0.4) is 0 Å². The molecular formula is C11H13N5. The Morgan fingerprint density at radius 1 is 1.38 bits per heavy atom. The van der Waals surface area contributed by atoms with E-state index in [-0.39, 0.29) is 19.1 Å². The first-order valence-electron chi connectivity index (χ1n) is 4.89. The first kappa shape index (κ1) is 12.0. The molecule has 0 unspecified atom stereocenters. The zero-order chi connectivity index (χ0) is 12.0. The summed E-state index contributed by atoms with van der Waals surface area (Å²) in [6.45, 7) is 2.18. The second-order valence-electron chi connectivity index (χ2n) is 3.41. The number of aromatic nitrogens is 1. The van der Waals surface area contributed by atoms with Gasteiger partial charge in [0.1, 0.15) is 18.9 Å². The topological polar surface area (TPSA) is 89.7 Å². The number of rotatable bonds is 4. The fraction of sp³-hybridized carbons (Fsp3) is 0.364. The Morgan fingerprint density at radius 3 is 2.38 bits per heavy atom. The molecule has 1 aromatic heterocycles. The zero-order valence-electron chi connectivity index (χ0n) is 9.09. The Kier molecular flexibility index (Phi) is 4.26. The minimum absolute atomic E-state index is 0.0677. The van der Waals surface area contributed by atoms with E-state index in [2.05, 4.69) is 4.98 Å². The molecular weight excluding hydrogens is 202 g/mol. The van der Waals surface area contributed by atoms with Crippen LogP contribution >= 0.6 is 0 Å². The summed E-state index contributed by atoms with van der Waals surface area (Å²) in [6, 6.07) is 7.56. The molecule has 0 radical (unpaired) electrons. The quantitative estimate of drug-likeness (QED) is 0.755. The van der Waals surface area contributed by atoms with Crippen LogP contribution < -0.4 is 10.6 Å². The van der Waals surface area contributed by atoms with Crippen LogP contribution in [0.1, 0.15) is 18.5 Å². The normalized spacial score (nSPS) is 11.2. The van der Waals surface area contributed by atoms with Crippen molar-refractivity contribution in [2.45, 2.75) is 13.0 Å². The van der Waals surface area contributed by atoms with Crippen LogP contribution in [0.4, 0.5) is 5.82 Å². The summed E-state index contributed by atoms with van der Waals surface area (Å²) < 4.78 is 0. The molecule has 0 amide bonds. The second-order valence-corrected chi connectivity index (χ2v) is 3.41. The summed E-state index contributed by atoms with van der Waals surface area (Å²) in [5.74, 6) is 0.618. The lowest BCUT2D eigenvalue weighted by Crippen LogP contribution is -2.24. The third kappa shape index (κ3) is 2.94. The van der Waals surface area contributed by atoms with Gasteiger partial charge in [0.25, 0.3) is 0 Å². The van der Waals surface area contributed by atoms with Gasteiger partial charge in [-0.25, -0.2) is 4.98 Å². The minimum atomic E-state index is -0.0677. The molecule has 2 N–H and O–H groups in total. The SMILES string of the molecule is C[C@H](N)c1ccc(N(CC#N)CC#N)nc1. The molecule has 1 atom stereocenters. The van der Waals surface area contributed by atoms with Crippen molar-refractivity contribution in [1.82, 2.24) is 4.98 Å². The van der Waals surface area contributed by atoms with Crippen LogP contribution in [0.2, 0.25) is 0 Å². The molecule has 1 aromatic rings. The molecule has 0 saturated carbocycles. The zero-order valence-corrected chi connectivity index (χ0v) is 9.09. The van der Waals surface area contributed by atoms with Crippen molar-refractivity contribution in [3.8, 4) is 12.1 Å². The highest BCUT2D eigenvalue weighted by Crippen LogP contribution is 2.14. The van der Waals surface area contributed by atoms with Gasteiger partial charge in [-0.15, -0.1) is 0 Å². The Balaban J connectivity index is 2.86. The van der Waals surface area contributed by atoms with Gasteiger partial charge in [-0.2, -0.15) is 10.5 Å². The molecule has 0 spiro atoms. The maximum Gasteiger partial charge on any atom is 0.130 e. The van der Waals surface area contributed by atoms with Crippen LogP contribution in [0, 0.1) is 22.7 Å². The van der Waals surface area contributed by atoms with Crippen LogP contribution in [0.15, 0.2) is 18.3 Å². The van der Waals surface area contributed by atoms with Crippen molar-refractivity contribution in [1.29, 1.82) is 10.5 Å². The number of hydrogen-bond donors (Lipinski definition) is 1. The summed E-state index contributed by atoms with van der Waals surface area (Å²) >= 11 is 0. The Hall–Kier alpha value is -2.11. The lowest BCUT2D eigenvalue weighted by Gasteiger charge is -2.17. The highest BCUT2D eigenvalue weighted by molar-refractivity contribution is 5.41. The molecule has 0 aliphatic carbocycles. The van der Waals surface area contributed by atoms with Gasteiger partial charge in [0.15, 0.2) is 0 Å². The Bertz CT molecular complexity index is 393. The first-order chi connectivity index (χ1) is 7.69. The molecule has 0 saturated heterocycles. The predicted octanol–water partition coefficient (Wildman–Crippen LogP) is 0.955. The van der Waals surface area contributed by atoms with Crippen LogP contribution in [0.25, 0.3) is 0 Å². The molecule has 0 bridgehead atoms. The monoisotopic (exact) mass is 215 g/mol. The van der Waals surface area contributed by atoms with Gasteiger partial charge in [0.2, 0.25) is 0 Å². The third-order valence-electron chi connectivity index (χ3n) is 2.14. The summed E-state index contributed by atoms with van der Waals surface area (Å²) in [5, 5.41) is 17.2. The lowest BCUT2D eigenvalue weighted by molar-refractivity contribution is 0.808. The number of pyridine rings is 1. The van der Waals surface area contributed by atoms with E-state index in [1.165, 1.54) is 0 Å². The van der Waals surface area contributed by atoms with Gasteiger partial charge < -0.3 is 10.6 Å². The minimum Gasteiger partial charge on any atom is -0.330 e. The first-order valence-corrected chi connectivity index (χ1v) is 4.89. The molecule has 82 valence electrons. The Labute approximate surface area is 94.7 Å². The number of hydrogen-bond acceptors (Lipinski definition) is 5. The van der Waals surface area contributed by atoms with Crippen molar-refractivity contribution < 1.29 is 0 Å². The van der Waals surface area contributed by atoms with Gasteiger partial charge in [-0.1, -0.05) is 6.07 Å². The van der Waals surface area contributed by atoms with E-state index in [0.29, 0.717) is 5.82 Å². The number of nitrogens with zero attached hydrogens (tertiary/aromatic N) is 4. The maximum atomic E-state index is 8.62. The van der Waals surface area contributed by atoms with E-state index in [9.17, 15) is 0 Å². The van der Waals surface area contributed by atoms with Crippen LogP contribution in [-0.4, -0.2) is 18.1 Å². The predicted molar refractivity (Wildman–Crippen MR) is 60.3 cm³/mol. The fourth-order valence-electron chi connectivity index (χ4n) is 1.24. The second kappa shape index (κ2) is 5.69. The summed E-state index contributed by atoms with van der Waals surface area (Å²) in [4.78, 5) is 5.78. The van der Waals surface area contributed by atoms with Crippen molar-refractivity contribution >= 4 is 5.82 Å². The summed E-state index contributed by atoms with van der Waals surface area (Å²) in [7, 11) is 0. The molecule has 0 aromatic carbocycles. The van der Waals surface area contributed by atoms with Crippen molar-refractivity contribution in [2.75, 3.05) is 18.0 Å². The number of anilines is 1. The van der Waals surface area contributed by atoms with Gasteiger partial charge in [0.05, 0.1) is 12.1 Å². The van der Waals surface area contributed by atoms with E-state index >= 15 is 0 Å². The summed E-state index contributed by atoms with van der Waals surface area (Å²) in [6.07, 6.45) is 1.67. The molecule has 16 heavy (non-hydrogen) atoms. The maximum absolute atomic E-state index is 8.62. The largest absolute Gasteiger partial charge is 0.330 e. The van der Waals surface area contributed by atoms with Crippen molar-refractivity contribution in [3.63, 3.8) is 0 Å². The van der Waals surface area contributed by atoms with Crippen LogP contribution in [-0.2, 0) is 0 Å². The van der Waals surface area contributed by atoms with Crippen molar-refractivity contribution in [2.24, 2.45) is 5.73 Å². The molecule has 0 aliphatic heterocycles. The van der Waals surface area contributed by atoms with E-state index in [4.69, 9.17) is 16.3 Å². The smallest absolute Gasteiger partial charge is 0.130 e. The Morgan fingerprint density at radius 2 is 2.00 bits per heavy atom. The number of nitrogens with two attached hydrogens (primary N) is 1. The average Bonchev–Trinajstić information content (AvgIpc) is 2.29. The average molecular weight is 215 g/mol. The van der Waals surface area contributed by atoms with Gasteiger partial charge in [0, 0.05) is 12.2 Å². The van der Waals surface area contributed by atoms with E-state index in [1.807, 2.05) is 25.1 Å². The van der Waals surface area contributed by atoms with E-state index in [1.54, 1.807) is 17.2 Å². The lowest BCUT2D eigenvalue weighted by atomic mass is 10.1. The standard InChI is InChI=1S/C11H13N5/c1-9(14)10-2-3-11(15-8-10)16(6-4-12)7-5-13/h2-3,8-9H,6-7,14H2,1H3/t9-/m0/s1. The third-order valence-corrected chi connectivity index (χ3v) is 2.14. The van der Waals surface area contributed by atoms with E-state index < -0.39 is 0 Å². The van der Waals surface area contributed by atoms with Crippen LogP contribution in [0.5, 0.6) is 0 Å². The molecule has 1 heterocycles. The molecule has 5 heteroatoms.